The summed E-state index contributed by atoms with van der Waals surface area (Å²) < 4.78 is 0. The highest BCUT2D eigenvalue weighted by atomic mass is 32.1. The molecule has 6 nitrogen and oxygen atoms in total. The summed E-state index contributed by atoms with van der Waals surface area (Å²) in [5.41, 5.74) is 8.59. The van der Waals surface area contributed by atoms with Crippen molar-refractivity contribution in [3.63, 3.8) is 0 Å². The van der Waals surface area contributed by atoms with Crippen molar-refractivity contribution in [2.75, 3.05) is 12.8 Å². The summed E-state index contributed by atoms with van der Waals surface area (Å²) in [6.45, 7) is 1.54. The highest BCUT2D eigenvalue weighted by molar-refractivity contribution is 7.13. The SMILES string of the molecule is CN(Cc1cnc(N)nc1)Cc1cc(-c2cccs2)n[nH]1. The van der Waals surface area contributed by atoms with Crippen LogP contribution < -0.4 is 5.73 Å². The molecule has 0 radical (unpaired) electrons. The second-order valence-electron chi connectivity index (χ2n) is 4.88. The summed E-state index contributed by atoms with van der Waals surface area (Å²) in [7, 11) is 2.04. The van der Waals surface area contributed by atoms with E-state index in [4.69, 9.17) is 5.73 Å². The first-order chi connectivity index (χ1) is 10.2. The fraction of sp³-hybridized carbons (Fsp3) is 0.214. The third-order valence-corrected chi connectivity index (χ3v) is 3.91. The zero-order chi connectivity index (χ0) is 14.7. The van der Waals surface area contributed by atoms with Crippen LogP contribution in [0, 0.1) is 0 Å². The van der Waals surface area contributed by atoms with Gasteiger partial charge in [-0.05, 0) is 24.6 Å². The van der Waals surface area contributed by atoms with Gasteiger partial charge in [0.2, 0.25) is 5.95 Å². The van der Waals surface area contributed by atoms with Crippen molar-refractivity contribution in [2.45, 2.75) is 13.1 Å². The molecule has 0 atom stereocenters. The average Bonchev–Trinajstić information content (AvgIpc) is 3.12. The minimum atomic E-state index is 0.301. The predicted molar refractivity (Wildman–Crippen MR) is 83.5 cm³/mol. The van der Waals surface area contributed by atoms with Crippen LogP contribution in [0.3, 0.4) is 0 Å². The molecule has 3 aromatic rings. The Hall–Kier alpha value is -2.25. The maximum absolute atomic E-state index is 5.48. The molecule has 0 unspecified atom stereocenters. The van der Waals surface area contributed by atoms with Gasteiger partial charge in [-0.25, -0.2) is 9.97 Å². The number of aromatic nitrogens is 4. The molecule has 7 heteroatoms. The average molecular weight is 300 g/mol. The molecule has 21 heavy (non-hydrogen) atoms. The van der Waals surface area contributed by atoms with Crippen LogP contribution >= 0.6 is 11.3 Å². The number of thiophene rings is 1. The summed E-state index contributed by atoms with van der Waals surface area (Å²) in [5, 5.41) is 9.48. The van der Waals surface area contributed by atoms with Gasteiger partial charge in [0.15, 0.2) is 0 Å². The van der Waals surface area contributed by atoms with Crippen LogP contribution in [-0.4, -0.2) is 32.1 Å². The zero-order valence-corrected chi connectivity index (χ0v) is 12.5. The van der Waals surface area contributed by atoms with Crippen LogP contribution in [0.2, 0.25) is 0 Å². The van der Waals surface area contributed by atoms with Crippen LogP contribution in [0.4, 0.5) is 5.95 Å². The zero-order valence-electron chi connectivity index (χ0n) is 11.7. The van der Waals surface area contributed by atoms with Crippen molar-refractivity contribution in [1.29, 1.82) is 0 Å². The molecule has 0 fully saturated rings. The summed E-state index contributed by atoms with van der Waals surface area (Å²) in [4.78, 5) is 11.3. The Labute approximate surface area is 126 Å². The lowest BCUT2D eigenvalue weighted by Crippen LogP contribution is -2.17. The van der Waals surface area contributed by atoms with Crippen LogP contribution in [0.5, 0.6) is 0 Å². The molecular weight excluding hydrogens is 284 g/mol. The molecule has 0 aromatic carbocycles. The lowest BCUT2D eigenvalue weighted by molar-refractivity contribution is 0.314. The van der Waals surface area contributed by atoms with Gasteiger partial charge < -0.3 is 5.73 Å². The van der Waals surface area contributed by atoms with Gasteiger partial charge in [0.05, 0.1) is 4.88 Å². The van der Waals surface area contributed by atoms with Gasteiger partial charge >= 0.3 is 0 Å². The number of hydrogen-bond acceptors (Lipinski definition) is 6. The van der Waals surface area contributed by atoms with Crippen LogP contribution in [0.15, 0.2) is 36.0 Å². The van der Waals surface area contributed by atoms with E-state index in [-0.39, 0.29) is 0 Å². The Morgan fingerprint density at radius 3 is 2.81 bits per heavy atom. The smallest absolute Gasteiger partial charge is 0.219 e. The van der Waals surface area contributed by atoms with E-state index in [9.17, 15) is 0 Å². The van der Waals surface area contributed by atoms with E-state index in [2.05, 4.69) is 42.6 Å². The van der Waals surface area contributed by atoms with E-state index in [0.717, 1.165) is 30.0 Å². The minimum absolute atomic E-state index is 0.301. The molecule has 108 valence electrons. The van der Waals surface area contributed by atoms with Crippen molar-refractivity contribution >= 4 is 17.3 Å². The molecular formula is C14H16N6S. The summed E-state index contributed by atoms with van der Waals surface area (Å²) in [6.07, 6.45) is 3.51. The fourth-order valence-corrected chi connectivity index (χ4v) is 2.78. The number of nitrogens with zero attached hydrogens (tertiary/aromatic N) is 4. The van der Waals surface area contributed by atoms with Gasteiger partial charge in [-0.15, -0.1) is 11.3 Å². The molecule has 3 aromatic heterocycles. The second kappa shape index (κ2) is 6.02. The van der Waals surface area contributed by atoms with E-state index >= 15 is 0 Å². The van der Waals surface area contributed by atoms with E-state index in [0.29, 0.717) is 5.95 Å². The summed E-state index contributed by atoms with van der Waals surface area (Å²) >= 11 is 1.69. The third-order valence-electron chi connectivity index (χ3n) is 3.02. The topological polar surface area (TPSA) is 83.7 Å². The lowest BCUT2D eigenvalue weighted by atomic mass is 10.3. The standard InChI is InChI=1S/C14H16N6S/c1-20(8-10-6-16-14(15)17-7-10)9-11-5-12(19-18-11)13-3-2-4-21-13/h2-7H,8-9H2,1H3,(H,18,19)(H2,15,16,17). The number of nitrogen functional groups attached to an aromatic ring is 1. The highest BCUT2D eigenvalue weighted by Gasteiger charge is 2.08. The highest BCUT2D eigenvalue weighted by Crippen LogP contribution is 2.23. The van der Waals surface area contributed by atoms with Gasteiger partial charge in [0.25, 0.3) is 0 Å². The largest absolute Gasteiger partial charge is 0.368 e. The first-order valence-electron chi connectivity index (χ1n) is 6.54. The number of nitrogens with one attached hydrogen (secondary N) is 1. The summed E-state index contributed by atoms with van der Waals surface area (Å²) in [6, 6.07) is 6.18. The Morgan fingerprint density at radius 1 is 1.29 bits per heavy atom. The lowest BCUT2D eigenvalue weighted by Gasteiger charge is -2.14. The van der Waals surface area contributed by atoms with Gasteiger partial charge in [-0.2, -0.15) is 5.10 Å². The van der Waals surface area contributed by atoms with E-state index in [1.54, 1.807) is 23.7 Å². The molecule has 0 aliphatic rings. The van der Waals surface area contributed by atoms with Crippen LogP contribution in [0.1, 0.15) is 11.3 Å². The van der Waals surface area contributed by atoms with E-state index < -0.39 is 0 Å². The molecule has 0 saturated carbocycles. The molecule has 0 aliphatic carbocycles. The second-order valence-corrected chi connectivity index (χ2v) is 5.83. The van der Waals surface area contributed by atoms with Crippen molar-refractivity contribution in [3.8, 4) is 10.6 Å². The molecule has 0 saturated heterocycles. The molecule has 0 amide bonds. The number of aromatic amines is 1. The van der Waals surface area contributed by atoms with Gasteiger partial charge in [0, 0.05) is 36.7 Å². The van der Waals surface area contributed by atoms with Crippen molar-refractivity contribution in [1.82, 2.24) is 25.1 Å². The molecule has 3 rings (SSSR count). The monoisotopic (exact) mass is 300 g/mol. The van der Waals surface area contributed by atoms with Crippen molar-refractivity contribution < 1.29 is 0 Å². The number of H-pyrrole nitrogens is 1. The van der Waals surface area contributed by atoms with Gasteiger partial charge in [0.1, 0.15) is 5.69 Å². The Kier molecular flexibility index (Phi) is 3.94. The van der Waals surface area contributed by atoms with Gasteiger partial charge in [-0.3, -0.25) is 10.00 Å². The predicted octanol–water partition coefficient (Wildman–Crippen LogP) is 2.14. The van der Waals surface area contributed by atoms with E-state index in [1.807, 2.05) is 13.1 Å². The molecule has 3 N–H and O–H groups in total. The normalized spacial score (nSPS) is 11.1. The third kappa shape index (κ3) is 3.45. The molecule has 0 aliphatic heterocycles. The summed E-state index contributed by atoms with van der Waals surface area (Å²) in [5.74, 6) is 0.301. The minimum Gasteiger partial charge on any atom is -0.368 e. The van der Waals surface area contributed by atoms with Crippen LogP contribution in [-0.2, 0) is 13.1 Å². The molecule has 0 bridgehead atoms. The molecule has 0 spiro atoms. The van der Waals surface area contributed by atoms with Crippen molar-refractivity contribution in [3.05, 3.63) is 47.2 Å². The maximum Gasteiger partial charge on any atom is 0.219 e. The maximum atomic E-state index is 5.48. The number of rotatable bonds is 5. The van der Waals surface area contributed by atoms with Crippen LogP contribution in [0.25, 0.3) is 10.6 Å². The van der Waals surface area contributed by atoms with Crippen molar-refractivity contribution in [2.24, 2.45) is 0 Å². The fourth-order valence-electron chi connectivity index (χ4n) is 2.10. The Balaban J connectivity index is 1.62. The number of anilines is 1. The van der Waals surface area contributed by atoms with E-state index in [1.165, 1.54) is 4.88 Å². The first-order valence-corrected chi connectivity index (χ1v) is 7.42. The number of nitrogens with two attached hydrogens (primary N) is 1. The Bertz CT molecular complexity index is 689. The number of hydrogen-bond donors (Lipinski definition) is 2. The quantitative estimate of drug-likeness (QED) is 0.754. The first kappa shape index (κ1) is 13.7. The molecule has 3 heterocycles. The Morgan fingerprint density at radius 2 is 2.10 bits per heavy atom. The van der Waals surface area contributed by atoms with Gasteiger partial charge in [-0.1, -0.05) is 6.07 Å².